The average Bonchev–Trinajstić information content (AvgIpc) is 2.68. The molecule has 1 aromatic heterocycles. The van der Waals surface area contributed by atoms with Crippen molar-refractivity contribution in [2.45, 2.75) is 18.9 Å². The van der Waals surface area contributed by atoms with E-state index >= 15 is 0 Å². The van der Waals surface area contributed by atoms with Gasteiger partial charge in [-0.2, -0.15) is 0 Å². The van der Waals surface area contributed by atoms with Gasteiger partial charge in [-0.1, -0.05) is 11.6 Å². The summed E-state index contributed by atoms with van der Waals surface area (Å²) in [6.45, 7) is 2.33. The van der Waals surface area contributed by atoms with E-state index in [4.69, 9.17) is 17.3 Å². The molecule has 1 aliphatic rings. The standard InChI is InChI=1S/C11H15ClN2OS/c12-11-2-1-10(16-11)9(15)7-14-5-3-8(13)4-6-14/h1-2,8H,3-7,13H2. The molecule has 1 saturated heterocycles. The lowest BCUT2D eigenvalue weighted by atomic mass is 10.1. The van der Waals surface area contributed by atoms with Gasteiger partial charge in [0.2, 0.25) is 0 Å². The van der Waals surface area contributed by atoms with Crippen LogP contribution in [0.25, 0.3) is 0 Å². The van der Waals surface area contributed by atoms with Crippen LogP contribution in [0, 0.1) is 0 Å². The maximum absolute atomic E-state index is 11.9. The molecule has 2 rings (SSSR count). The van der Waals surface area contributed by atoms with Crippen LogP contribution < -0.4 is 5.73 Å². The number of ketones is 1. The van der Waals surface area contributed by atoms with Crippen LogP contribution >= 0.6 is 22.9 Å². The van der Waals surface area contributed by atoms with Crippen LogP contribution in [-0.2, 0) is 0 Å². The highest BCUT2D eigenvalue weighted by atomic mass is 35.5. The maximum Gasteiger partial charge on any atom is 0.186 e. The van der Waals surface area contributed by atoms with Gasteiger partial charge in [0.25, 0.3) is 0 Å². The summed E-state index contributed by atoms with van der Waals surface area (Å²) in [6.07, 6.45) is 1.97. The number of likely N-dealkylation sites (tertiary alicyclic amines) is 1. The van der Waals surface area contributed by atoms with Gasteiger partial charge in [-0.3, -0.25) is 9.69 Å². The average molecular weight is 259 g/mol. The van der Waals surface area contributed by atoms with Gasteiger partial charge in [0.1, 0.15) is 0 Å². The lowest BCUT2D eigenvalue weighted by Crippen LogP contribution is -2.41. The van der Waals surface area contributed by atoms with E-state index in [1.807, 2.05) is 0 Å². The van der Waals surface area contributed by atoms with Crippen LogP contribution in [0.5, 0.6) is 0 Å². The first-order valence-corrected chi connectivity index (χ1v) is 6.61. The molecule has 5 heteroatoms. The third-order valence-electron chi connectivity index (χ3n) is 2.85. The topological polar surface area (TPSA) is 46.3 Å². The molecule has 88 valence electrons. The zero-order valence-electron chi connectivity index (χ0n) is 8.99. The summed E-state index contributed by atoms with van der Waals surface area (Å²) in [5, 5.41) is 0. The van der Waals surface area contributed by atoms with Crippen molar-refractivity contribution in [3.8, 4) is 0 Å². The van der Waals surface area contributed by atoms with Crippen LogP contribution in [0.15, 0.2) is 12.1 Å². The van der Waals surface area contributed by atoms with Gasteiger partial charge in [0, 0.05) is 19.1 Å². The largest absolute Gasteiger partial charge is 0.328 e. The number of carbonyl (C=O) groups excluding carboxylic acids is 1. The van der Waals surface area contributed by atoms with Crippen molar-refractivity contribution in [3.05, 3.63) is 21.3 Å². The van der Waals surface area contributed by atoms with Crippen LogP contribution in [-0.4, -0.2) is 36.4 Å². The van der Waals surface area contributed by atoms with Crippen LogP contribution in [0.2, 0.25) is 4.34 Å². The van der Waals surface area contributed by atoms with Gasteiger partial charge in [-0.05, 0) is 25.0 Å². The molecule has 16 heavy (non-hydrogen) atoms. The number of rotatable bonds is 3. The Bertz CT molecular complexity index is 372. The first-order valence-electron chi connectivity index (χ1n) is 5.41. The first kappa shape index (κ1) is 12.0. The smallest absolute Gasteiger partial charge is 0.186 e. The van der Waals surface area contributed by atoms with Crippen molar-refractivity contribution in [2.24, 2.45) is 5.73 Å². The van der Waals surface area contributed by atoms with Crippen molar-refractivity contribution in [1.29, 1.82) is 0 Å². The maximum atomic E-state index is 11.9. The molecule has 3 nitrogen and oxygen atoms in total. The molecule has 1 fully saturated rings. The highest BCUT2D eigenvalue weighted by molar-refractivity contribution is 7.18. The summed E-state index contributed by atoms with van der Waals surface area (Å²) in [4.78, 5) is 14.8. The van der Waals surface area contributed by atoms with Crippen molar-refractivity contribution in [2.75, 3.05) is 19.6 Å². The van der Waals surface area contributed by atoms with Crippen molar-refractivity contribution in [3.63, 3.8) is 0 Å². The highest BCUT2D eigenvalue weighted by Crippen LogP contribution is 2.22. The number of piperidine rings is 1. The fraction of sp³-hybridized carbons (Fsp3) is 0.545. The van der Waals surface area contributed by atoms with E-state index in [9.17, 15) is 4.79 Å². The van der Waals surface area contributed by atoms with E-state index in [0.717, 1.165) is 30.8 Å². The first-order chi connectivity index (χ1) is 7.65. The second-order valence-electron chi connectivity index (χ2n) is 4.14. The second kappa shape index (κ2) is 5.27. The van der Waals surface area contributed by atoms with Gasteiger partial charge < -0.3 is 5.73 Å². The van der Waals surface area contributed by atoms with Crippen LogP contribution in [0.4, 0.5) is 0 Å². The van der Waals surface area contributed by atoms with Gasteiger partial charge in [-0.25, -0.2) is 0 Å². The fourth-order valence-corrected chi connectivity index (χ4v) is 2.83. The summed E-state index contributed by atoms with van der Waals surface area (Å²) in [5.41, 5.74) is 5.82. The number of halogens is 1. The van der Waals surface area contributed by atoms with E-state index in [-0.39, 0.29) is 5.78 Å². The molecule has 0 amide bonds. The Morgan fingerprint density at radius 3 is 2.75 bits per heavy atom. The molecule has 0 atom stereocenters. The monoisotopic (exact) mass is 258 g/mol. The van der Waals surface area contributed by atoms with Gasteiger partial charge in [0.15, 0.2) is 5.78 Å². The molecular formula is C11H15ClN2OS. The molecule has 1 aliphatic heterocycles. The minimum atomic E-state index is 0.160. The zero-order valence-corrected chi connectivity index (χ0v) is 10.6. The van der Waals surface area contributed by atoms with Crippen molar-refractivity contribution < 1.29 is 4.79 Å². The number of Topliss-reactive ketones (excluding diaryl/α,β-unsaturated/α-hetero) is 1. The van der Waals surface area contributed by atoms with E-state index in [0.29, 0.717) is 16.9 Å². The minimum absolute atomic E-state index is 0.160. The SMILES string of the molecule is NC1CCN(CC(=O)c2ccc(Cl)s2)CC1. The fourth-order valence-electron chi connectivity index (χ4n) is 1.86. The summed E-state index contributed by atoms with van der Waals surface area (Å²) >= 11 is 7.15. The Morgan fingerprint density at radius 2 is 2.19 bits per heavy atom. The third kappa shape index (κ3) is 3.04. The quantitative estimate of drug-likeness (QED) is 0.844. The Labute approximate surface area is 104 Å². The highest BCUT2D eigenvalue weighted by Gasteiger charge is 2.19. The molecule has 0 aromatic carbocycles. The number of carbonyl (C=O) groups is 1. The van der Waals surface area contributed by atoms with E-state index in [1.165, 1.54) is 11.3 Å². The van der Waals surface area contributed by atoms with Gasteiger partial charge in [0.05, 0.1) is 15.8 Å². The number of hydrogen-bond acceptors (Lipinski definition) is 4. The zero-order chi connectivity index (χ0) is 11.5. The van der Waals surface area contributed by atoms with E-state index in [2.05, 4.69) is 4.90 Å². The molecule has 1 aromatic rings. The Morgan fingerprint density at radius 1 is 1.50 bits per heavy atom. The normalized spacial score (nSPS) is 18.9. The molecule has 0 bridgehead atoms. The minimum Gasteiger partial charge on any atom is -0.328 e. The number of nitrogens with zero attached hydrogens (tertiary/aromatic N) is 1. The molecular weight excluding hydrogens is 244 g/mol. The van der Waals surface area contributed by atoms with Crippen LogP contribution in [0.3, 0.4) is 0 Å². The summed E-state index contributed by atoms with van der Waals surface area (Å²) in [6, 6.07) is 3.87. The molecule has 0 saturated carbocycles. The number of nitrogens with two attached hydrogens (primary N) is 1. The Balaban J connectivity index is 1.88. The summed E-state index contributed by atoms with van der Waals surface area (Å²) < 4.78 is 0.670. The van der Waals surface area contributed by atoms with Gasteiger partial charge in [-0.15, -0.1) is 11.3 Å². The molecule has 0 unspecified atom stereocenters. The Hall–Kier alpha value is -0.420. The lowest BCUT2D eigenvalue weighted by Gasteiger charge is -2.29. The van der Waals surface area contributed by atoms with E-state index in [1.54, 1.807) is 12.1 Å². The Kier molecular flexibility index (Phi) is 3.97. The molecule has 0 aliphatic carbocycles. The van der Waals surface area contributed by atoms with Crippen molar-refractivity contribution >= 4 is 28.7 Å². The molecule has 0 spiro atoms. The predicted molar refractivity (Wildman–Crippen MR) is 67.3 cm³/mol. The third-order valence-corrected chi connectivity index (χ3v) is 4.12. The predicted octanol–water partition coefficient (Wildman–Crippen LogP) is 2.01. The van der Waals surface area contributed by atoms with E-state index < -0.39 is 0 Å². The van der Waals surface area contributed by atoms with Crippen molar-refractivity contribution in [1.82, 2.24) is 4.90 Å². The second-order valence-corrected chi connectivity index (χ2v) is 5.86. The summed E-state index contributed by atoms with van der Waals surface area (Å²) in [7, 11) is 0. The lowest BCUT2D eigenvalue weighted by molar-refractivity contribution is 0.0914. The number of hydrogen-bond donors (Lipinski definition) is 1. The number of thiophene rings is 1. The molecule has 2 heterocycles. The van der Waals surface area contributed by atoms with Gasteiger partial charge >= 0.3 is 0 Å². The molecule has 0 radical (unpaired) electrons. The summed E-state index contributed by atoms with van der Waals surface area (Å²) in [5.74, 6) is 0.160. The molecule has 2 N–H and O–H groups in total. The van der Waals surface area contributed by atoms with Crippen LogP contribution in [0.1, 0.15) is 22.5 Å².